The van der Waals surface area contributed by atoms with Crippen molar-refractivity contribution in [1.82, 2.24) is 5.32 Å². The van der Waals surface area contributed by atoms with Crippen LogP contribution in [0.2, 0.25) is 0 Å². The molecule has 0 aromatic heterocycles. The Bertz CT molecular complexity index is 423. The minimum absolute atomic E-state index is 0.156. The maximum Gasteiger partial charge on any atom is 0.123 e. The number of ether oxygens (including phenoxy) is 1. The Morgan fingerprint density at radius 3 is 2.47 bits per heavy atom. The molecule has 1 fully saturated rings. The second-order valence-corrected chi connectivity index (χ2v) is 5.59. The molecular formula is C16H24FNO. The van der Waals surface area contributed by atoms with E-state index in [0.29, 0.717) is 5.92 Å². The molecule has 0 saturated carbocycles. The maximum atomic E-state index is 13.5. The highest BCUT2D eigenvalue weighted by Crippen LogP contribution is 2.34. The summed E-state index contributed by atoms with van der Waals surface area (Å²) in [5, 5.41) is 3.52. The molecule has 19 heavy (non-hydrogen) atoms. The first-order chi connectivity index (χ1) is 9.04. The Balaban J connectivity index is 2.38. The van der Waals surface area contributed by atoms with Gasteiger partial charge in [0.05, 0.1) is 12.1 Å². The topological polar surface area (TPSA) is 21.3 Å². The van der Waals surface area contributed by atoms with Crippen LogP contribution in [-0.4, -0.2) is 19.3 Å². The van der Waals surface area contributed by atoms with Gasteiger partial charge >= 0.3 is 0 Å². The van der Waals surface area contributed by atoms with E-state index in [1.165, 1.54) is 5.56 Å². The molecule has 3 unspecified atom stereocenters. The van der Waals surface area contributed by atoms with Crippen molar-refractivity contribution >= 4 is 0 Å². The zero-order valence-electron chi connectivity index (χ0n) is 12.3. The predicted molar refractivity (Wildman–Crippen MR) is 75.8 cm³/mol. The zero-order valence-corrected chi connectivity index (χ0v) is 12.3. The molecule has 1 aliphatic rings. The summed E-state index contributed by atoms with van der Waals surface area (Å²) in [5.41, 5.74) is 3.21. The average Bonchev–Trinajstić information content (AvgIpc) is 2.73. The first-order valence-electron chi connectivity index (χ1n) is 7.16. The largest absolute Gasteiger partial charge is 0.376 e. The molecule has 2 rings (SSSR count). The van der Waals surface area contributed by atoms with Crippen molar-refractivity contribution in [1.29, 1.82) is 0 Å². The number of aryl methyl sites for hydroxylation is 2. The molecule has 1 saturated heterocycles. The van der Waals surface area contributed by atoms with Gasteiger partial charge in [-0.15, -0.1) is 0 Å². The number of halogens is 1. The molecule has 2 nitrogen and oxygen atoms in total. The first-order valence-corrected chi connectivity index (χ1v) is 7.16. The van der Waals surface area contributed by atoms with E-state index in [2.05, 4.69) is 19.2 Å². The van der Waals surface area contributed by atoms with Crippen molar-refractivity contribution in [2.75, 3.05) is 13.2 Å². The number of benzene rings is 1. The SMILES string of the molecule is CCNC(c1c(C)cc(F)cc1C)C1OCCC1C. The molecule has 1 heterocycles. The molecule has 1 aromatic carbocycles. The number of likely N-dealkylation sites (N-methyl/N-ethyl adjacent to an activating group) is 1. The maximum absolute atomic E-state index is 13.5. The summed E-state index contributed by atoms with van der Waals surface area (Å²) in [6, 6.07) is 3.39. The molecule has 1 N–H and O–H groups in total. The summed E-state index contributed by atoms with van der Waals surface area (Å²) in [6.07, 6.45) is 1.29. The molecule has 0 amide bonds. The third kappa shape index (κ3) is 2.98. The van der Waals surface area contributed by atoms with Crippen molar-refractivity contribution in [3.8, 4) is 0 Å². The van der Waals surface area contributed by atoms with E-state index in [-0.39, 0.29) is 18.0 Å². The van der Waals surface area contributed by atoms with E-state index in [9.17, 15) is 4.39 Å². The molecule has 3 atom stereocenters. The van der Waals surface area contributed by atoms with Crippen LogP contribution < -0.4 is 5.32 Å². The van der Waals surface area contributed by atoms with Crippen molar-refractivity contribution in [2.45, 2.75) is 46.3 Å². The highest BCUT2D eigenvalue weighted by Gasteiger charge is 2.34. The van der Waals surface area contributed by atoms with Gasteiger partial charge in [0.25, 0.3) is 0 Å². The second-order valence-electron chi connectivity index (χ2n) is 5.59. The summed E-state index contributed by atoms with van der Waals surface area (Å²) >= 11 is 0. The number of hydrogen-bond acceptors (Lipinski definition) is 2. The molecule has 0 radical (unpaired) electrons. The van der Waals surface area contributed by atoms with Crippen LogP contribution in [0.15, 0.2) is 12.1 Å². The van der Waals surface area contributed by atoms with Gasteiger partial charge in [-0.2, -0.15) is 0 Å². The summed E-state index contributed by atoms with van der Waals surface area (Å²) in [7, 11) is 0. The van der Waals surface area contributed by atoms with E-state index in [0.717, 1.165) is 30.7 Å². The third-order valence-electron chi connectivity index (χ3n) is 4.07. The number of rotatable bonds is 4. The third-order valence-corrected chi connectivity index (χ3v) is 4.07. The Hall–Kier alpha value is -0.930. The van der Waals surface area contributed by atoms with Gasteiger partial charge in [-0.1, -0.05) is 13.8 Å². The standard InChI is InChI=1S/C16H24FNO/c1-5-18-15(16-10(2)6-7-19-16)14-11(3)8-13(17)9-12(14)4/h8-10,15-16,18H,5-7H2,1-4H3. The fourth-order valence-corrected chi connectivity index (χ4v) is 3.16. The molecule has 0 spiro atoms. The van der Waals surface area contributed by atoms with Crippen molar-refractivity contribution in [2.24, 2.45) is 5.92 Å². The molecule has 3 heteroatoms. The zero-order chi connectivity index (χ0) is 14.0. The van der Waals surface area contributed by atoms with Gasteiger partial charge in [-0.25, -0.2) is 4.39 Å². The van der Waals surface area contributed by atoms with Gasteiger partial charge in [0.1, 0.15) is 5.82 Å². The van der Waals surface area contributed by atoms with Crippen LogP contribution in [0.25, 0.3) is 0 Å². The molecule has 106 valence electrons. The van der Waals surface area contributed by atoms with Crippen molar-refractivity contribution < 1.29 is 9.13 Å². The van der Waals surface area contributed by atoms with Gasteiger partial charge in [-0.3, -0.25) is 0 Å². The lowest BCUT2D eigenvalue weighted by molar-refractivity contribution is 0.0608. The predicted octanol–water partition coefficient (Wildman–Crippen LogP) is 3.52. The van der Waals surface area contributed by atoms with Crippen molar-refractivity contribution in [3.63, 3.8) is 0 Å². The van der Waals surface area contributed by atoms with Crippen LogP contribution in [-0.2, 0) is 4.74 Å². The number of hydrogen-bond donors (Lipinski definition) is 1. The van der Waals surface area contributed by atoms with Crippen LogP contribution in [0.4, 0.5) is 4.39 Å². The minimum Gasteiger partial charge on any atom is -0.376 e. The van der Waals surface area contributed by atoms with E-state index in [1.54, 1.807) is 12.1 Å². The van der Waals surface area contributed by atoms with Crippen LogP contribution in [0.5, 0.6) is 0 Å². The van der Waals surface area contributed by atoms with Gasteiger partial charge in [0.15, 0.2) is 0 Å². The van der Waals surface area contributed by atoms with Crippen LogP contribution >= 0.6 is 0 Å². The Kier molecular flexibility index (Phi) is 4.58. The van der Waals surface area contributed by atoms with E-state index in [4.69, 9.17) is 4.74 Å². The van der Waals surface area contributed by atoms with Gasteiger partial charge in [0.2, 0.25) is 0 Å². The van der Waals surface area contributed by atoms with Crippen molar-refractivity contribution in [3.05, 3.63) is 34.6 Å². The molecule has 0 aliphatic carbocycles. The summed E-state index contributed by atoms with van der Waals surface area (Å²) in [6.45, 7) is 10.0. The van der Waals surface area contributed by atoms with E-state index < -0.39 is 0 Å². The molecular weight excluding hydrogens is 241 g/mol. The number of nitrogens with one attached hydrogen (secondary N) is 1. The average molecular weight is 265 g/mol. The summed E-state index contributed by atoms with van der Waals surface area (Å²) < 4.78 is 19.4. The molecule has 1 aromatic rings. The van der Waals surface area contributed by atoms with E-state index >= 15 is 0 Å². The van der Waals surface area contributed by atoms with Gasteiger partial charge < -0.3 is 10.1 Å². The smallest absolute Gasteiger partial charge is 0.123 e. The van der Waals surface area contributed by atoms with Crippen LogP contribution in [0.1, 0.15) is 43.0 Å². The lowest BCUT2D eigenvalue weighted by Crippen LogP contribution is -2.35. The van der Waals surface area contributed by atoms with Crippen LogP contribution in [0.3, 0.4) is 0 Å². The second kappa shape index (κ2) is 6.02. The van der Waals surface area contributed by atoms with Gasteiger partial charge in [-0.05, 0) is 61.6 Å². The summed E-state index contributed by atoms with van der Waals surface area (Å²) in [4.78, 5) is 0. The Morgan fingerprint density at radius 2 is 2.00 bits per heavy atom. The summed E-state index contributed by atoms with van der Waals surface area (Å²) in [5.74, 6) is 0.377. The van der Waals surface area contributed by atoms with Crippen LogP contribution in [0, 0.1) is 25.6 Å². The normalized spacial score (nSPS) is 24.7. The lowest BCUT2D eigenvalue weighted by atomic mass is 9.87. The quantitative estimate of drug-likeness (QED) is 0.899. The van der Waals surface area contributed by atoms with Gasteiger partial charge in [0, 0.05) is 6.61 Å². The Morgan fingerprint density at radius 1 is 1.37 bits per heavy atom. The fourth-order valence-electron chi connectivity index (χ4n) is 3.16. The Labute approximate surface area is 115 Å². The molecule has 0 bridgehead atoms. The monoisotopic (exact) mass is 265 g/mol. The lowest BCUT2D eigenvalue weighted by Gasteiger charge is -2.30. The fraction of sp³-hybridized carbons (Fsp3) is 0.625. The molecule has 1 aliphatic heterocycles. The minimum atomic E-state index is -0.158. The highest BCUT2D eigenvalue weighted by atomic mass is 19.1. The first kappa shape index (κ1) is 14.5. The van der Waals surface area contributed by atoms with E-state index in [1.807, 2.05) is 13.8 Å². The highest BCUT2D eigenvalue weighted by molar-refractivity contribution is 5.37.